The second-order valence-corrected chi connectivity index (χ2v) is 5.69. The summed E-state index contributed by atoms with van der Waals surface area (Å²) in [4.78, 5) is 2.51. The van der Waals surface area contributed by atoms with Crippen LogP contribution in [0.3, 0.4) is 0 Å². The van der Waals surface area contributed by atoms with Crippen molar-refractivity contribution in [2.45, 2.75) is 44.6 Å². The number of hydrogen-bond acceptors (Lipinski definition) is 3. The lowest BCUT2D eigenvalue weighted by Crippen LogP contribution is -2.37. The smallest absolute Gasteiger partial charge is 0.0495 e. The average Bonchev–Trinajstić information content (AvgIpc) is 2.38. The van der Waals surface area contributed by atoms with Crippen LogP contribution < -0.4 is 5.32 Å². The van der Waals surface area contributed by atoms with Gasteiger partial charge in [0.2, 0.25) is 0 Å². The summed E-state index contributed by atoms with van der Waals surface area (Å²) in [5.74, 6) is 0.806. The summed E-state index contributed by atoms with van der Waals surface area (Å²) in [7, 11) is 2.26. The SMILES string of the molecule is CN1CCCCC1CCOCC1CCNCC1. The third-order valence-corrected chi connectivity index (χ3v) is 4.33. The molecular formula is C14H28N2O. The van der Waals surface area contributed by atoms with Gasteiger partial charge >= 0.3 is 0 Å². The molecule has 0 aromatic carbocycles. The number of likely N-dealkylation sites (tertiary alicyclic amines) is 1. The molecule has 2 heterocycles. The minimum atomic E-state index is 0.775. The molecule has 2 rings (SSSR count). The van der Waals surface area contributed by atoms with Crippen molar-refractivity contribution >= 4 is 0 Å². The van der Waals surface area contributed by atoms with Gasteiger partial charge in [-0.3, -0.25) is 0 Å². The van der Waals surface area contributed by atoms with Crippen molar-refractivity contribution in [3.05, 3.63) is 0 Å². The maximum absolute atomic E-state index is 5.87. The molecule has 0 saturated carbocycles. The predicted molar refractivity (Wildman–Crippen MR) is 71.3 cm³/mol. The standard InChI is InChI=1S/C14H28N2O/c1-16-10-3-2-4-14(16)7-11-17-12-13-5-8-15-9-6-13/h13-15H,2-12H2,1H3. The van der Waals surface area contributed by atoms with Crippen molar-refractivity contribution in [2.24, 2.45) is 5.92 Å². The summed E-state index contributed by atoms with van der Waals surface area (Å²) in [5, 5.41) is 3.40. The quantitative estimate of drug-likeness (QED) is 0.743. The zero-order valence-corrected chi connectivity index (χ0v) is 11.3. The first-order chi connectivity index (χ1) is 8.36. The maximum Gasteiger partial charge on any atom is 0.0495 e. The molecule has 0 radical (unpaired) electrons. The van der Waals surface area contributed by atoms with Crippen LogP contribution in [0.25, 0.3) is 0 Å². The van der Waals surface area contributed by atoms with Gasteiger partial charge in [0, 0.05) is 19.3 Å². The Morgan fingerprint density at radius 2 is 2.00 bits per heavy atom. The Bertz CT molecular complexity index is 204. The third kappa shape index (κ3) is 4.57. The zero-order valence-electron chi connectivity index (χ0n) is 11.3. The highest BCUT2D eigenvalue weighted by Gasteiger charge is 2.18. The Morgan fingerprint density at radius 3 is 2.76 bits per heavy atom. The van der Waals surface area contributed by atoms with Crippen LogP contribution in [0.1, 0.15) is 38.5 Å². The first-order valence-electron chi connectivity index (χ1n) is 7.35. The Balaban J connectivity index is 1.53. The molecule has 0 aliphatic carbocycles. The Kier molecular flexibility index (Phi) is 5.75. The van der Waals surface area contributed by atoms with Crippen LogP contribution in [0.2, 0.25) is 0 Å². The van der Waals surface area contributed by atoms with Crippen LogP contribution in [-0.2, 0) is 4.74 Å². The highest BCUT2D eigenvalue weighted by molar-refractivity contribution is 4.74. The molecule has 3 heteroatoms. The molecule has 1 unspecified atom stereocenters. The fourth-order valence-corrected chi connectivity index (χ4v) is 3.03. The van der Waals surface area contributed by atoms with Gasteiger partial charge in [0.1, 0.15) is 0 Å². The molecule has 0 aromatic heterocycles. The molecule has 2 aliphatic heterocycles. The van der Waals surface area contributed by atoms with Crippen molar-refractivity contribution in [3.8, 4) is 0 Å². The van der Waals surface area contributed by atoms with E-state index in [1.165, 1.54) is 58.2 Å². The third-order valence-electron chi connectivity index (χ3n) is 4.33. The summed E-state index contributed by atoms with van der Waals surface area (Å²) in [5.41, 5.74) is 0. The lowest BCUT2D eigenvalue weighted by molar-refractivity contribution is 0.0633. The minimum absolute atomic E-state index is 0.775. The van der Waals surface area contributed by atoms with Gasteiger partial charge in [0.05, 0.1) is 0 Å². The first kappa shape index (κ1) is 13.3. The lowest BCUT2D eigenvalue weighted by Gasteiger charge is -2.32. The van der Waals surface area contributed by atoms with Gasteiger partial charge in [0.15, 0.2) is 0 Å². The molecular weight excluding hydrogens is 212 g/mol. The largest absolute Gasteiger partial charge is 0.381 e. The van der Waals surface area contributed by atoms with E-state index in [0.717, 1.165) is 25.2 Å². The van der Waals surface area contributed by atoms with Gasteiger partial charge in [-0.25, -0.2) is 0 Å². The fourth-order valence-electron chi connectivity index (χ4n) is 3.03. The van der Waals surface area contributed by atoms with E-state index in [0.29, 0.717) is 0 Å². The van der Waals surface area contributed by atoms with Gasteiger partial charge in [-0.05, 0) is 64.7 Å². The molecule has 0 bridgehead atoms. The van der Waals surface area contributed by atoms with E-state index in [2.05, 4.69) is 17.3 Å². The fraction of sp³-hybridized carbons (Fsp3) is 1.00. The van der Waals surface area contributed by atoms with E-state index in [4.69, 9.17) is 4.74 Å². The number of ether oxygens (including phenoxy) is 1. The number of piperidine rings is 2. The second-order valence-electron chi connectivity index (χ2n) is 5.69. The highest BCUT2D eigenvalue weighted by atomic mass is 16.5. The summed E-state index contributed by atoms with van der Waals surface area (Å²) < 4.78 is 5.87. The molecule has 0 spiro atoms. The monoisotopic (exact) mass is 240 g/mol. The Labute approximate surface area is 106 Å². The van der Waals surface area contributed by atoms with Crippen LogP contribution in [0.4, 0.5) is 0 Å². The lowest BCUT2D eigenvalue weighted by atomic mass is 9.99. The molecule has 2 aliphatic rings. The van der Waals surface area contributed by atoms with Gasteiger partial charge in [-0.1, -0.05) is 6.42 Å². The van der Waals surface area contributed by atoms with Gasteiger partial charge in [-0.15, -0.1) is 0 Å². The van der Waals surface area contributed by atoms with Gasteiger partial charge in [-0.2, -0.15) is 0 Å². The Morgan fingerprint density at radius 1 is 1.18 bits per heavy atom. The molecule has 2 saturated heterocycles. The maximum atomic E-state index is 5.87. The molecule has 3 nitrogen and oxygen atoms in total. The van der Waals surface area contributed by atoms with Crippen LogP contribution in [0.15, 0.2) is 0 Å². The first-order valence-corrected chi connectivity index (χ1v) is 7.35. The molecule has 2 fully saturated rings. The molecule has 1 atom stereocenters. The van der Waals surface area contributed by atoms with E-state index in [9.17, 15) is 0 Å². The zero-order chi connectivity index (χ0) is 11.9. The van der Waals surface area contributed by atoms with Crippen LogP contribution >= 0.6 is 0 Å². The number of nitrogens with one attached hydrogen (secondary N) is 1. The minimum Gasteiger partial charge on any atom is -0.381 e. The summed E-state index contributed by atoms with van der Waals surface area (Å²) in [6.45, 7) is 5.58. The topological polar surface area (TPSA) is 24.5 Å². The van der Waals surface area contributed by atoms with E-state index in [-0.39, 0.29) is 0 Å². The van der Waals surface area contributed by atoms with Crippen molar-refractivity contribution in [3.63, 3.8) is 0 Å². The summed E-state index contributed by atoms with van der Waals surface area (Å²) in [6.07, 6.45) is 7.97. The van der Waals surface area contributed by atoms with Crippen LogP contribution in [0.5, 0.6) is 0 Å². The molecule has 100 valence electrons. The van der Waals surface area contributed by atoms with Crippen molar-refractivity contribution < 1.29 is 4.74 Å². The number of nitrogens with zero attached hydrogens (tertiary/aromatic N) is 1. The highest BCUT2D eigenvalue weighted by Crippen LogP contribution is 2.18. The van der Waals surface area contributed by atoms with E-state index in [1.54, 1.807) is 0 Å². The summed E-state index contributed by atoms with van der Waals surface area (Å²) in [6, 6.07) is 0.775. The van der Waals surface area contributed by atoms with Gasteiger partial charge in [0.25, 0.3) is 0 Å². The molecule has 0 amide bonds. The van der Waals surface area contributed by atoms with E-state index < -0.39 is 0 Å². The predicted octanol–water partition coefficient (Wildman–Crippen LogP) is 1.88. The van der Waals surface area contributed by atoms with Gasteiger partial charge < -0.3 is 15.0 Å². The normalized spacial score (nSPS) is 28.4. The van der Waals surface area contributed by atoms with E-state index in [1.807, 2.05) is 0 Å². The number of rotatable bonds is 5. The average molecular weight is 240 g/mol. The Hall–Kier alpha value is -0.120. The van der Waals surface area contributed by atoms with Crippen LogP contribution in [0, 0.1) is 5.92 Å². The molecule has 1 N–H and O–H groups in total. The summed E-state index contributed by atoms with van der Waals surface area (Å²) >= 11 is 0. The molecule has 17 heavy (non-hydrogen) atoms. The van der Waals surface area contributed by atoms with Crippen molar-refractivity contribution in [1.82, 2.24) is 10.2 Å². The van der Waals surface area contributed by atoms with Crippen LogP contribution in [-0.4, -0.2) is 50.8 Å². The second kappa shape index (κ2) is 7.34. The van der Waals surface area contributed by atoms with Crippen molar-refractivity contribution in [2.75, 3.05) is 39.9 Å². The van der Waals surface area contributed by atoms with E-state index >= 15 is 0 Å². The number of hydrogen-bond donors (Lipinski definition) is 1. The molecule has 0 aromatic rings. The van der Waals surface area contributed by atoms with Crippen molar-refractivity contribution in [1.29, 1.82) is 0 Å².